The number of hydrogen-bond acceptors (Lipinski definition) is 6. The monoisotopic (exact) mass is 381 g/mol. The zero-order valence-electron chi connectivity index (χ0n) is 15.3. The molecule has 2 aromatic carbocycles. The maximum atomic E-state index is 12.4. The second-order valence-electron chi connectivity index (χ2n) is 6.01. The highest BCUT2D eigenvalue weighted by Crippen LogP contribution is 2.30. The smallest absolute Gasteiger partial charge is 0.355 e. The van der Waals surface area contributed by atoms with Crippen LogP contribution in [-0.4, -0.2) is 37.5 Å². The molecule has 1 aliphatic heterocycles. The third-order valence-corrected chi connectivity index (χ3v) is 3.84. The van der Waals surface area contributed by atoms with Crippen molar-refractivity contribution in [1.29, 1.82) is 0 Å². The predicted octanol–water partition coefficient (Wildman–Crippen LogP) is 2.36. The van der Waals surface area contributed by atoms with Crippen LogP contribution in [0.5, 0.6) is 11.5 Å². The van der Waals surface area contributed by atoms with Crippen molar-refractivity contribution < 1.29 is 28.6 Å². The van der Waals surface area contributed by atoms with Gasteiger partial charge in [-0.1, -0.05) is 30.3 Å². The summed E-state index contributed by atoms with van der Waals surface area (Å²) in [7, 11) is 0. The molecule has 1 N–H and O–H groups in total. The van der Waals surface area contributed by atoms with Gasteiger partial charge in [-0.25, -0.2) is 4.79 Å². The molecule has 0 bridgehead atoms. The Morgan fingerprint density at radius 3 is 2.46 bits per heavy atom. The minimum absolute atomic E-state index is 0.0475. The maximum Gasteiger partial charge on any atom is 0.355 e. The second kappa shape index (κ2) is 8.85. The summed E-state index contributed by atoms with van der Waals surface area (Å²) in [5.41, 5.74) is 1.00. The molecule has 7 nitrogen and oxygen atoms in total. The molecule has 0 unspecified atom stereocenters. The molecule has 0 atom stereocenters. The molecular formula is C21H19NO6. The molecule has 1 amide bonds. The first-order chi connectivity index (χ1) is 13.5. The highest BCUT2D eigenvalue weighted by Gasteiger charge is 2.18. The number of benzene rings is 2. The molecule has 144 valence electrons. The number of amides is 1. The molecule has 1 aliphatic rings. The van der Waals surface area contributed by atoms with Gasteiger partial charge in [0.15, 0.2) is 23.9 Å². The van der Waals surface area contributed by atoms with Crippen LogP contribution in [0.1, 0.15) is 22.8 Å². The lowest BCUT2D eigenvalue weighted by atomic mass is 10.1. The highest BCUT2D eigenvalue weighted by molar-refractivity contribution is 6.01. The Morgan fingerprint density at radius 2 is 1.75 bits per heavy atom. The Bertz CT molecular complexity index is 920. The molecule has 2 aromatic rings. The van der Waals surface area contributed by atoms with E-state index in [1.807, 2.05) is 6.07 Å². The van der Waals surface area contributed by atoms with Gasteiger partial charge in [-0.15, -0.1) is 0 Å². The van der Waals surface area contributed by atoms with E-state index in [9.17, 15) is 14.4 Å². The average molecular weight is 381 g/mol. The van der Waals surface area contributed by atoms with Crippen LogP contribution in [0.4, 0.5) is 0 Å². The van der Waals surface area contributed by atoms with E-state index in [-0.39, 0.29) is 5.70 Å². The normalized spacial score (nSPS) is 12.8. The molecule has 1 heterocycles. The fraction of sp³-hybridized carbons (Fsp3) is 0.190. The van der Waals surface area contributed by atoms with Crippen LogP contribution in [0, 0.1) is 0 Å². The molecule has 0 saturated heterocycles. The van der Waals surface area contributed by atoms with Gasteiger partial charge in [0.1, 0.15) is 18.9 Å². The first-order valence-corrected chi connectivity index (χ1v) is 8.67. The number of nitrogens with one attached hydrogen (secondary N) is 1. The van der Waals surface area contributed by atoms with Crippen molar-refractivity contribution in [2.75, 3.05) is 19.8 Å². The first kappa shape index (κ1) is 19.2. The van der Waals surface area contributed by atoms with Gasteiger partial charge >= 0.3 is 5.97 Å². The number of fused-ring (bicyclic) bond motifs is 1. The van der Waals surface area contributed by atoms with Crippen LogP contribution in [0.25, 0.3) is 6.08 Å². The van der Waals surface area contributed by atoms with Gasteiger partial charge in [0.2, 0.25) is 5.91 Å². The summed E-state index contributed by atoms with van der Waals surface area (Å²) in [6.07, 6.45) is 1.48. The zero-order chi connectivity index (χ0) is 19.9. The molecule has 0 spiro atoms. The van der Waals surface area contributed by atoms with Crippen molar-refractivity contribution in [3.63, 3.8) is 0 Å². The van der Waals surface area contributed by atoms with Crippen LogP contribution >= 0.6 is 0 Å². The lowest BCUT2D eigenvalue weighted by molar-refractivity contribution is -0.139. The summed E-state index contributed by atoms with van der Waals surface area (Å²) in [4.78, 5) is 36.1. The summed E-state index contributed by atoms with van der Waals surface area (Å²) in [5, 5.41) is 2.43. The topological polar surface area (TPSA) is 90.9 Å². The summed E-state index contributed by atoms with van der Waals surface area (Å²) in [6.45, 7) is 1.68. The molecule has 0 saturated carbocycles. The van der Waals surface area contributed by atoms with Gasteiger partial charge in [-0.2, -0.15) is 0 Å². The standard InChI is InChI=1S/C21H19NO6/c1-14(23)22-17(11-15-5-3-2-4-6-15)21(25)28-13-18(24)16-7-8-19-20(12-16)27-10-9-26-19/h2-8,11-12H,9-10,13H2,1H3,(H,22,23)/b17-11-. The van der Waals surface area contributed by atoms with Crippen molar-refractivity contribution in [3.8, 4) is 11.5 Å². The minimum Gasteiger partial charge on any atom is -0.486 e. The summed E-state index contributed by atoms with van der Waals surface area (Å²) < 4.78 is 16.0. The van der Waals surface area contributed by atoms with E-state index in [1.165, 1.54) is 13.0 Å². The van der Waals surface area contributed by atoms with E-state index in [4.69, 9.17) is 14.2 Å². The van der Waals surface area contributed by atoms with E-state index >= 15 is 0 Å². The molecule has 0 radical (unpaired) electrons. The Labute approximate surface area is 161 Å². The highest BCUT2D eigenvalue weighted by atomic mass is 16.6. The third kappa shape index (κ3) is 4.97. The van der Waals surface area contributed by atoms with Gasteiger partial charge in [0.25, 0.3) is 0 Å². The van der Waals surface area contributed by atoms with Gasteiger partial charge in [-0.3, -0.25) is 9.59 Å². The number of Topliss-reactive ketones (excluding diaryl/α,β-unsaturated/α-hetero) is 1. The number of rotatable bonds is 6. The van der Waals surface area contributed by atoms with Crippen molar-refractivity contribution in [1.82, 2.24) is 5.32 Å². The van der Waals surface area contributed by atoms with Crippen molar-refractivity contribution in [2.24, 2.45) is 0 Å². The largest absolute Gasteiger partial charge is 0.486 e. The molecule has 3 rings (SSSR count). The van der Waals surface area contributed by atoms with Gasteiger partial charge in [0, 0.05) is 12.5 Å². The number of carbonyl (C=O) groups excluding carboxylic acids is 3. The third-order valence-electron chi connectivity index (χ3n) is 3.84. The minimum atomic E-state index is -0.801. The lowest BCUT2D eigenvalue weighted by Crippen LogP contribution is -2.27. The molecular weight excluding hydrogens is 362 g/mol. The number of hydrogen-bond donors (Lipinski definition) is 1. The molecule has 0 fully saturated rings. The van der Waals surface area contributed by atoms with Crippen molar-refractivity contribution >= 4 is 23.7 Å². The molecule has 7 heteroatoms. The molecule has 28 heavy (non-hydrogen) atoms. The van der Waals surface area contributed by atoms with Crippen LogP contribution in [0.2, 0.25) is 0 Å². The maximum absolute atomic E-state index is 12.4. The fourth-order valence-electron chi connectivity index (χ4n) is 2.56. The van der Waals surface area contributed by atoms with Gasteiger partial charge in [0.05, 0.1) is 0 Å². The number of ether oxygens (including phenoxy) is 3. The van der Waals surface area contributed by atoms with Crippen molar-refractivity contribution in [3.05, 3.63) is 65.4 Å². The van der Waals surface area contributed by atoms with E-state index in [0.717, 1.165) is 0 Å². The lowest BCUT2D eigenvalue weighted by Gasteiger charge is -2.18. The summed E-state index contributed by atoms with van der Waals surface area (Å²) in [5.74, 6) is -0.570. The van der Waals surface area contributed by atoms with E-state index in [2.05, 4.69) is 5.32 Å². The average Bonchev–Trinajstić information content (AvgIpc) is 2.71. The number of ketones is 1. The Balaban J connectivity index is 1.67. The second-order valence-corrected chi connectivity index (χ2v) is 6.01. The van der Waals surface area contributed by atoms with Crippen LogP contribution in [-0.2, 0) is 14.3 Å². The van der Waals surface area contributed by atoms with Crippen molar-refractivity contribution in [2.45, 2.75) is 6.92 Å². The summed E-state index contributed by atoms with van der Waals surface area (Å²) >= 11 is 0. The van der Waals surface area contributed by atoms with E-state index < -0.39 is 24.3 Å². The van der Waals surface area contributed by atoms with Crippen LogP contribution in [0.15, 0.2) is 54.2 Å². The molecule has 0 aliphatic carbocycles. The van der Waals surface area contributed by atoms with Crippen LogP contribution < -0.4 is 14.8 Å². The number of esters is 1. The SMILES string of the molecule is CC(=O)N/C(=C\c1ccccc1)C(=O)OCC(=O)c1ccc2c(c1)OCCO2. The first-order valence-electron chi connectivity index (χ1n) is 8.67. The number of carbonyl (C=O) groups is 3. The summed E-state index contributed by atoms with van der Waals surface area (Å²) in [6, 6.07) is 13.8. The van der Waals surface area contributed by atoms with Gasteiger partial charge in [-0.05, 0) is 29.8 Å². The van der Waals surface area contributed by atoms with Gasteiger partial charge < -0.3 is 19.5 Å². The predicted molar refractivity (Wildman–Crippen MR) is 101 cm³/mol. The van der Waals surface area contributed by atoms with Crippen LogP contribution in [0.3, 0.4) is 0 Å². The van der Waals surface area contributed by atoms with E-state index in [0.29, 0.717) is 35.8 Å². The quantitative estimate of drug-likeness (QED) is 0.469. The Morgan fingerprint density at radius 1 is 1.04 bits per heavy atom. The Hall–Kier alpha value is -3.61. The fourth-order valence-corrected chi connectivity index (χ4v) is 2.56. The van der Waals surface area contributed by atoms with E-state index in [1.54, 1.807) is 42.5 Å². The molecule has 0 aromatic heterocycles. The Kier molecular flexibility index (Phi) is 6.06. The zero-order valence-corrected chi connectivity index (χ0v) is 15.3.